The Morgan fingerprint density at radius 3 is 3.00 bits per heavy atom. The molecular formula is C16H20N4. The van der Waals surface area contributed by atoms with Crippen LogP contribution >= 0.6 is 0 Å². The fraction of sp³-hybridized carbons (Fsp3) is 0.438. The second kappa shape index (κ2) is 5.18. The molecule has 4 nitrogen and oxygen atoms in total. The molecule has 1 aromatic rings. The summed E-state index contributed by atoms with van der Waals surface area (Å²) in [4.78, 5) is 2.36. The SMILES string of the molecule is C[C@H]1C[C@@H](N)CN(c2ccc(C#N)c3c2C=CCN3)C1. The number of fused-ring (bicyclic) bond motifs is 1. The van der Waals surface area contributed by atoms with Crippen molar-refractivity contribution in [3.8, 4) is 6.07 Å². The van der Waals surface area contributed by atoms with Crippen molar-refractivity contribution in [1.82, 2.24) is 0 Å². The van der Waals surface area contributed by atoms with Gasteiger partial charge in [-0.1, -0.05) is 19.1 Å². The Bertz CT molecular complexity index is 575. The molecule has 104 valence electrons. The monoisotopic (exact) mass is 268 g/mol. The van der Waals surface area contributed by atoms with E-state index in [0.717, 1.165) is 37.3 Å². The molecule has 1 saturated heterocycles. The van der Waals surface area contributed by atoms with E-state index in [1.165, 1.54) is 5.69 Å². The summed E-state index contributed by atoms with van der Waals surface area (Å²) >= 11 is 0. The van der Waals surface area contributed by atoms with E-state index in [9.17, 15) is 5.26 Å². The second-order valence-corrected chi connectivity index (χ2v) is 5.82. The lowest BCUT2D eigenvalue weighted by Gasteiger charge is -2.38. The smallest absolute Gasteiger partial charge is 0.101 e. The maximum atomic E-state index is 9.23. The van der Waals surface area contributed by atoms with E-state index in [-0.39, 0.29) is 6.04 Å². The zero-order valence-electron chi connectivity index (χ0n) is 11.8. The van der Waals surface area contributed by atoms with Gasteiger partial charge in [-0.05, 0) is 24.5 Å². The molecule has 0 spiro atoms. The summed E-state index contributed by atoms with van der Waals surface area (Å²) in [6.07, 6.45) is 5.30. The highest BCUT2D eigenvalue weighted by atomic mass is 15.2. The number of anilines is 2. The summed E-state index contributed by atoms with van der Waals surface area (Å²) in [5.41, 5.74) is 10.1. The van der Waals surface area contributed by atoms with Gasteiger partial charge in [0.2, 0.25) is 0 Å². The third kappa shape index (κ3) is 2.25. The van der Waals surface area contributed by atoms with E-state index in [0.29, 0.717) is 11.5 Å². The van der Waals surface area contributed by atoms with Crippen LogP contribution in [0.5, 0.6) is 0 Å². The van der Waals surface area contributed by atoms with Crippen molar-refractivity contribution in [2.45, 2.75) is 19.4 Å². The number of nitriles is 1. The Kier molecular flexibility index (Phi) is 3.37. The molecule has 0 aliphatic carbocycles. The summed E-state index contributed by atoms with van der Waals surface area (Å²) < 4.78 is 0. The van der Waals surface area contributed by atoms with Crippen molar-refractivity contribution in [1.29, 1.82) is 5.26 Å². The number of piperidine rings is 1. The first-order valence-corrected chi connectivity index (χ1v) is 7.17. The topological polar surface area (TPSA) is 65.1 Å². The molecule has 2 aliphatic rings. The molecule has 20 heavy (non-hydrogen) atoms. The molecule has 0 unspecified atom stereocenters. The lowest BCUT2D eigenvalue weighted by molar-refractivity contribution is 0.401. The summed E-state index contributed by atoms with van der Waals surface area (Å²) in [5.74, 6) is 0.602. The van der Waals surface area contributed by atoms with Crippen molar-refractivity contribution in [3.63, 3.8) is 0 Å². The summed E-state index contributed by atoms with van der Waals surface area (Å²) in [6.45, 7) is 4.94. The van der Waals surface area contributed by atoms with Crippen molar-refractivity contribution in [2.75, 3.05) is 29.9 Å². The van der Waals surface area contributed by atoms with Crippen LogP contribution in [-0.2, 0) is 0 Å². The number of nitrogens with zero attached hydrogens (tertiary/aromatic N) is 2. The number of hydrogen-bond acceptors (Lipinski definition) is 4. The van der Waals surface area contributed by atoms with Crippen LogP contribution in [0.15, 0.2) is 18.2 Å². The minimum Gasteiger partial charge on any atom is -0.380 e. The van der Waals surface area contributed by atoms with Crippen molar-refractivity contribution < 1.29 is 0 Å². The minimum absolute atomic E-state index is 0.227. The van der Waals surface area contributed by atoms with E-state index in [1.807, 2.05) is 6.07 Å². The van der Waals surface area contributed by atoms with Crippen LogP contribution in [0.1, 0.15) is 24.5 Å². The summed E-state index contributed by atoms with van der Waals surface area (Å²) in [7, 11) is 0. The summed E-state index contributed by atoms with van der Waals surface area (Å²) in [5, 5.41) is 12.5. The molecule has 0 bridgehead atoms. The van der Waals surface area contributed by atoms with E-state index in [1.54, 1.807) is 0 Å². The molecule has 3 rings (SSSR count). The third-order valence-electron chi connectivity index (χ3n) is 4.06. The van der Waals surface area contributed by atoms with Crippen LogP contribution in [0.3, 0.4) is 0 Å². The van der Waals surface area contributed by atoms with E-state index in [2.05, 4.69) is 41.4 Å². The molecule has 0 radical (unpaired) electrons. The standard InChI is InChI=1S/C16H20N4/c1-11-7-13(18)10-20(9-11)15-5-4-12(8-17)16-14(15)3-2-6-19-16/h2-5,11,13,19H,6-7,9-10,18H2,1H3/t11-,13+/m0/s1. The van der Waals surface area contributed by atoms with Gasteiger partial charge >= 0.3 is 0 Å². The van der Waals surface area contributed by atoms with Gasteiger partial charge in [-0.25, -0.2) is 0 Å². The molecule has 0 amide bonds. The van der Waals surface area contributed by atoms with Gasteiger partial charge < -0.3 is 16.0 Å². The highest BCUT2D eigenvalue weighted by Gasteiger charge is 2.25. The lowest BCUT2D eigenvalue weighted by Crippen LogP contribution is -2.46. The van der Waals surface area contributed by atoms with Crippen molar-refractivity contribution in [3.05, 3.63) is 29.3 Å². The molecule has 2 aliphatic heterocycles. The zero-order valence-corrected chi connectivity index (χ0v) is 11.8. The van der Waals surface area contributed by atoms with Crippen LogP contribution < -0.4 is 16.0 Å². The highest BCUT2D eigenvalue weighted by Crippen LogP contribution is 2.35. The van der Waals surface area contributed by atoms with Crippen LogP contribution in [-0.4, -0.2) is 25.7 Å². The molecule has 2 atom stereocenters. The van der Waals surface area contributed by atoms with Crippen LogP contribution in [0.2, 0.25) is 0 Å². The van der Waals surface area contributed by atoms with E-state index < -0.39 is 0 Å². The zero-order chi connectivity index (χ0) is 14.1. The Hall–Kier alpha value is -1.99. The van der Waals surface area contributed by atoms with Gasteiger partial charge in [0, 0.05) is 36.9 Å². The van der Waals surface area contributed by atoms with Gasteiger partial charge in [-0.3, -0.25) is 0 Å². The van der Waals surface area contributed by atoms with E-state index in [4.69, 9.17) is 5.73 Å². The molecule has 3 N–H and O–H groups in total. The minimum atomic E-state index is 0.227. The molecule has 1 fully saturated rings. The Morgan fingerprint density at radius 2 is 2.25 bits per heavy atom. The van der Waals surface area contributed by atoms with Gasteiger partial charge in [-0.2, -0.15) is 5.26 Å². The first-order chi connectivity index (χ1) is 9.69. The fourth-order valence-electron chi connectivity index (χ4n) is 3.27. The lowest BCUT2D eigenvalue weighted by atomic mass is 9.94. The molecule has 2 heterocycles. The van der Waals surface area contributed by atoms with Gasteiger partial charge in [0.15, 0.2) is 0 Å². The number of rotatable bonds is 1. The Labute approximate surface area is 119 Å². The highest BCUT2D eigenvalue weighted by molar-refractivity contribution is 5.84. The first-order valence-electron chi connectivity index (χ1n) is 7.17. The average molecular weight is 268 g/mol. The number of nitrogens with one attached hydrogen (secondary N) is 1. The maximum Gasteiger partial charge on any atom is 0.101 e. The Balaban J connectivity index is 2.03. The number of nitrogens with two attached hydrogens (primary N) is 1. The van der Waals surface area contributed by atoms with Crippen LogP contribution in [0, 0.1) is 17.2 Å². The molecule has 0 aromatic heterocycles. The predicted octanol–water partition coefficient (Wildman–Crippen LogP) is 2.17. The fourth-order valence-corrected chi connectivity index (χ4v) is 3.27. The van der Waals surface area contributed by atoms with E-state index >= 15 is 0 Å². The number of hydrogen-bond donors (Lipinski definition) is 2. The molecule has 0 saturated carbocycles. The normalized spacial score (nSPS) is 24.8. The van der Waals surface area contributed by atoms with Gasteiger partial charge in [0.05, 0.1) is 11.3 Å². The molecular weight excluding hydrogens is 248 g/mol. The van der Waals surface area contributed by atoms with Crippen molar-refractivity contribution in [2.24, 2.45) is 11.7 Å². The first kappa shape index (κ1) is 13.0. The largest absolute Gasteiger partial charge is 0.380 e. The predicted molar refractivity (Wildman–Crippen MR) is 82.7 cm³/mol. The quantitative estimate of drug-likeness (QED) is 0.819. The van der Waals surface area contributed by atoms with Gasteiger partial charge in [0.1, 0.15) is 6.07 Å². The van der Waals surface area contributed by atoms with Gasteiger partial charge in [-0.15, -0.1) is 0 Å². The maximum absolute atomic E-state index is 9.23. The third-order valence-corrected chi connectivity index (χ3v) is 4.06. The van der Waals surface area contributed by atoms with Crippen molar-refractivity contribution >= 4 is 17.5 Å². The molecule has 4 heteroatoms. The summed E-state index contributed by atoms with van der Waals surface area (Å²) in [6, 6.07) is 6.45. The second-order valence-electron chi connectivity index (χ2n) is 5.82. The van der Waals surface area contributed by atoms with Crippen LogP contribution in [0.4, 0.5) is 11.4 Å². The number of benzene rings is 1. The van der Waals surface area contributed by atoms with Gasteiger partial charge in [0.25, 0.3) is 0 Å². The molecule has 1 aromatic carbocycles. The van der Waals surface area contributed by atoms with Crippen LogP contribution in [0.25, 0.3) is 6.08 Å². The average Bonchev–Trinajstić information content (AvgIpc) is 2.45. The Morgan fingerprint density at radius 1 is 1.40 bits per heavy atom.